The number of nitrogens with zero attached hydrogens (tertiary/aromatic N) is 4. The minimum atomic E-state index is -0.638. The molecule has 0 aromatic heterocycles. The van der Waals surface area contributed by atoms with E-state index < -0.39 is 17.6 Å². The lowest BCUT2D eigenvalue weighted by Crippen LogP contribution is -2.56. The number of rotatable bonds is 7. The van der Waals surface area contributed by atoms with Crippen molar-refractivity contribution in [3.05, 3.63) is 0 Å². The molecule has 5 amide bonds. The van der Waals surface area contributed by atoms with Crippen LogP contribution in [0, 0.1) is 0 Å². The standard InChI is InChI=1S/C22H38N6O6/c1-5-6-13-33-28-16-7-8-17(27(14-16)20(28)31)19(30)24-23-18(29)15-25-9-11-26(12-10-25)21(32)34-22(2,3)4/h16-17H,5-15H2,1-4H3,(H,23,29)(H,24,30)/t16-,17-/m0/s1. The summed E-state index contributed by atoms with van der Waals surface area (Å²) >= 11 is 0. The lowest BCUT2D eigenvalue weighted by atomic mass is 10.0. The second-order valence-corrected chi connectivity index (χ2v) is 9.98. The SMILES string of the molecule is CCCCON1C(=O)N2C[C@@H]1CC[C@H]2C(=O)NNC(=O)CN1CCN(C(=O)OC(C)(C)C)CC1. The van der Waals surface area contributed by atoms with E-state index in [-0.39, 0.29) is 30.6 Å². The maximum atomic E-state index is 12.7. The Hall–Kier alpha value is -2.60. The Bertz CT molecular complexity index is 763. The molecule has 3 rings (SSSR count). The first-order chi connectivity index (χ1) is 16.1. The van der Waals surface area contributed by atoms with E-state index in [1.165, 1.54) is 9.96 Å². The Balaban J connectivity index is 1.38. The van der Waals surface area contributed by atoms with Gasteiger partial charge in [0.1, 0.15) is 11.6 Å². The predicted molar refractivity (Wildman–Crippen MR) is 122 cm³/mol. The number of amides is 5. The zero-order valence-corrected chi connectivity index (χ0v) is 20.7. The summed E-state index contributed by atoms with van der Waals surface area (Å²) in [6, 6.07) is -0.975. The number of hydrogen-bond donors (Lipinski definition) is 2. The van der Waals surface area contributed by atoms with Crippen LogP contribution in [0.4, 0.5) is 9.59 Å². The number of unbranched alkanes of at least 4 members (excludes halogenated alkanes) is 1. The molecule has 12 heteroatoms. The fourth-order valence-electron chi connectivity index (χ4n) is 4.25. The first kappa shape index (κ1) is 26.0. The zero-order valence-electron chi connectivity index (χ0n) is 20.7. The van der Waals surface area contributed by atoms with E-state index in [9.17, 15) is 19.2 Å². The molecule has 3 aliphatic rings. The minimum absolute atomic E-state index is 0.0395. The van der Waals surface area contributed by atoms with Gasteiger partial charge in [-0.25, -0.2) is 9.59 Å². The number of carbonyl (C=O) groups is 4. The van der Waals surface area contributed by atoms with Crippen molar-refractivity contribution in [2.24, 2.45) is 0 Å². The number of hydrazine groups is 1. The molecule has 12 nitrogen and oxygen atoms in total. The molecule has 0 aromatic carbocycles. The van der Waals surface area contributed by atoms with Crippen LogP contribution in [0.2, 0.25) is 0 Å². The summed E-state index contributed by atoms with van der Waals surface area (Å²) in [4.78, 5) is 60.5. The number of piperidine rings is 1. The molecule has 2 bridgehead atoms. The van der Waals surface area contributed by atoms with Gasteiger partial charge in [0, 0.05) is 32.7 Å². The number of urea groups is 1. The molecule has 3 saturated heterocycles. The van der Waals surface area contributed by atoms with Crippen LogP contribution in [0.3, 0.4) is 0 Å². The zero-order chi connectivity index (χ0) is 24.9. The summed E-state index contributed by atoms with van der Waals surface area (Å²) in [5.74, 6) is -0.768. The largest absolute Gasteiger partial charge is 0.444 e. The average molecular weight is 483 g/mol. The van der Waals surface area contributed by atoms with Gasteiger partial charge in [0.25, 0.3) is 11.8 Å². The van der Waals surface area contributed by atoms with E-state index in [0.717, 1.165) is 12.8 Å². The summed E-state index contributed by atoms with van der Waals surface area (Å²) in [6.45, 7) is 10.5. The van der Waals surface area contributed by atoms with E-state index in [0.29, 0.717) is 52.2 Å². The average Bonchev–Trinajstić information content (AvgIpc) is 3.01. The van der Waals surface area contributed by atoms with Crippen LogP contribution in [0.15, 0.2) is 0 Å². The molecule has 0 aromatic rings. The lowest BCUT2D eigenvalue weighted by molar-refractivity contribution is -0.133. The summed E-state index contributed by atoms with van der Waals surface area (Å²) in [6.07, 6.45) is 2.66. The Kier molecular flexibility index (Phi) is 8.58. The summed E-state index contributed by atoms with van der Waals surface area (Å²) in [5, 5.41) is 1.40. The highest BCUT2D eigenvalue weighted by atomic mass is 16.7. The summed E-state index contributed by atoms with van der Waals surface area (Å²) in [5.41, 5.74) is 4.36. The highest BCUT2D eigenvalue weighted by molar-refractivity contribution is 5.90. The Labute approximate surface area is 200 Å². The first-order valence-corrected chi connectivity index (χ1v) is 12.1. The predicted octanol–water partition coefficient (Wildman–Crippen LogP) is 0.687. The molecular formula is C22H38N6O6. The Morgan fingerprint density at radius 1 is 1.06 bits per heavy atom. The maximum absolute atomic E-state index is 12.7. The molecule has 0 saturated carbocycles. The molecular weight excluding hydrogens is 444 g/mol. The highest BCUT2D eigenvalue weighted by Gasteiger charge is 2.48. The van der Waals surface area contributed by atoms with Gasteiger partial charge in [-0.3, -0.25) is 30.2 Å². The molecule has 3 heterocycles. The van der Waals surface area contributed by atoms with E-state index >= 15 is 0 Å². The van der Waals surface area contributed by atoms with Crippen molar-refractivity contribution in [3.63, 3.8) is 0 Å². The van der Waals surface area contributed by atoms with Crippen LogP contribution >= 0.6 is 0 Å². The molecule has 3 fully saturated rings. The number of ether oxygens (including phenoxy) is 1. The van der Waals surface area contributed by atoms with E-state index in [1.54, 1.807) is 4.90 Å². The van der Waals surface area contributed by atoms with Gasteiger partial charge in [-0.1, -0.05) is 13.3 Å². The van der Waals surface area contributed by atoms with Gasteiger partial charge < -0.3 is 14.5 Å². The smallest absolute Gasteiger partial charge is 0.410 e. The van der Waals surface area contributed by atoms with Crippen molar-refractivity contribution in [1.82, 2.24) is 30.6 Å². The van der Waals surface area contributed by atoms with Crippen LogP contribution < -0.4 is 10.9 Å². The van der Waals surface area contributed by atoms with Gasteiger partial charge in [-0.05, 0) is 40.0 Å². The third-order valence-corrected chi connectivity index (χ3v) is 6.07. The van der Waals surface area contributed by atoms with Gasteiger partial charge in [-0.15, -0.1) is 0 Å². The second kappa shape index (κ2) is 11.2. The third-order valence-electron chi connectivity index (χ3n) is 6.07. The molecule has 192 valence electrons. The molecule has 0 radical (unpaired) electrons. The van der Waals surface area contributed by atoms with E-state index in [1.807, 2.05) is 25.7 Å². The van der Waals surface area contributed by atoms with Crippen molar-refractivity contribution in [2.75, 3.05) is 45.9 Å². The van der Waals surface area contributed by atoms with Crippen LogP contribution in [0.25, 0.3) is 0 Å². The molecule has 0 spiro atoms. The van der Waals surface area contributed by atoms with Gasteiger partial charge in [-0.2, -0.15) is 5.06 Å². The number of hydrogen-bond acceptors (Lipinski definition) is 7. The van der Waals surface area contributed by atoms with Crippen LogP contribution in [0.5, 0.6) is 0 Å². The minimum Gasteiger partial charge on any atom is -0.444 e. The normalized spacial score (nSPS) is 23.2. The molecule has 2 N–H and O–H groups in total. The van der Waals surface area contributed by atoms with Crippen LogP contribution in [-0.4, -0.2) is 107 Å². The number of carbonyl (C=O) groups excluding carboxylic acids is 4. The highest BCUT2D eigenvalue weighted by Crippen LogP contribution is 2.30. The van der Waals surface area contributed by atoms with Gasteiger partial charge in [0.05, 0.1) is 19.2 Å². The number of piperazine rings is 1. The van der Waals surface area contributed by atoms with Gasteiger partial charge in [0.15, 0.2) is 0 Å². The summed E-state index contributed by atoms with van der Waals surface area (Å²) in [7, 11) is 0. The van der Waals surface area contributed by atoms with E-state index in [4.69, 9.17) is 9.57 Å². The van der Waals surface area contributed by atoms with Crippen molar-refractivity contribution in [1.29, 1.82) is 0 Å². The van der Waals surface area contributed by atoms with Gasteiger partial charge >= 0.3 is 12.1 Å². The fourth-order valence-corrected chi connectivity index (χ4v) is 4.25. The second-order valence-electron chi connectivity index (χ2n) is 9.98. The fraction of sp³-hybridized carbons (Fsp3) is 0.818. The van der Waals surface area contributed by atoms with Crippen molar-refractivity contribution in [2.45, 2.75) is 71.1 Å². The van der Waals surface area contributed by atoms with Crippen LogP contribution in [-0.2, 0) is 19.2 Å². The van der Waals surface area contributed by atoms with Crippen molar-refractivity contribution < 1.29 is 28.8 Å². The molecule has 34 heavy (non-hydrogen) atoms. The molecule has 0 aliphatic carbocycles. The van der Waals surface area contributed by atoms with Crippen LogP contribution in [0.1, 0.15) is 53.4 Å². The lowest BCUT2D eigenvalue weighted by Gasteiger charge is -2.35. The topological polar surface area (TPSA) is 124 Å². The number of hydroxylamine groups is 2. The summed E-state index contributed by atoms with van der Waals surface area (Å²) < 4.78 is 5.38. The molecule has 2 atom stereocenters. The Morgan fingerprint density at radius 2 is 1.76 bits per heavy atom. The molecule has 0 unspecified atom stereocenters. The number of fused-ring (bicyclic) bond motifs is 2. The quantitative estimate of drug-likeness (QED) is 0.404. The monoisotopic (exact) mass is 482 g/mol. The number of nitrogens with one attached hydrogen (secondary N) is 2. The maximum Gasteiger partial charge on any atom is 0.410 e. The van der Waals surface area contributed by atoms with Gasteiger partial charge in [0.2, 0.25) is 0 Å². The first-order valence-electron chi connectivity index (χ1n) is 12.1. The molecule has 3 aliphatic heterocycles. The van der Waals surface area contributed by atoms with E-state index in [2.05, 4.69) is 17.8 Å². The Morgan fingerprint density at radius 3 is 2.41 bits per heavy atom. The van der Waals surface area contributed by atoms with Crippen molar-refractivity contribution >= 4 is 23.9 Å². The third kappa shape index (κ3) is 6.72. The van der Waals surface area contributed by atoms with Crippen molar-refractivity contribution in [3.8, 4) is 0 Å².